The number of thioether (sulfide) groups is 1. The van der Waals surface area contributed by atoms with E-state index in [9.17, 15) is 9.18 Å². The van der Waals surface area contributed by atoms with E-state index < -0.39 is 0 Å². The highest BCUT2D eigenvalue weighted by Crippen LogP contribution is 2.20. The van der Waals surface area contributed by atoms with Crippen LogP contribution in [0, 0.1) is 5.82 Å². The number of amides is 2. The molecule has 0 unspecified atom stereocenters. The molecule has 4 nitrogen and oxygen atoms in total. The summed E-state index contributed by atoms with van der Waals surface area (Å²) in [6, 6.07) is 6.51. The minimum absolute atomic E-state index is 0.0635. The number of ether oxygens (including phenoxy) is 1. The van der Waals surface area contributed by atoms with Gasteiger partial charge >= 0.3 is 6.03 Å². The van der Waals surface area contributed by atoms with E-state index >= 15 is 0 Å². The van der Waals surface area contributed by atoms with Gasteiger partial charge in [-0.2, -0.15) is 0 Å². The standard InChI is InChI=1S/C14H19FN2O2S/c1-10-12(6-8-19-10)17-14(18)16-7-9-20-13-5-3-2-4-11(13)15/h2-5,10,12H,6-9H2,1H3,(H2,16,17,18)/t10-,12+/m1/s1. The highest BCUT2D eigenvalue weighted by molar-refractivity contribution is 7.99. The van der Waals surface area contributed by atoms with Crippen molar-refractivity contribution in [3.63, 3.8) is 0 Å². The summed E-state index contributed by atoms with van der Waals surface area (Å²) in [5, 5.41) is 5.65. The van der Waals surface area contributed by atoms with Crippen LogP contribution < -0.4 is 10.6 Å². The Labute approximate surface area is 122 Å². The highest BCUT2D eigenvalue weighted by atomic mass is 32.2. The van der Waals surface area contributed by atoms with Crippen LogP contribution in [-0.2, 0) is 4.74 Å². The predicted molar refractivity (Wildman–Crippen MR) is 77.5 cm³/mol. The maximum Gasteiger partial charge on any atom is 0.315 e. The average molecular weight is 298 g/mol. The number of halogens is 1. The molecule has 6 heteroatoms. The number of carbonyl (C=O) groups excluding carboxylic acids is 1. The van der Waals surface area contributed by atoms with Crippen molar-refractivity contribution in [1.29, 1.82) is 0 Å². The van der Waals surface area contributed by atoms with Crippen LogP contribution in [0.1, 0.15) is 13.3 Å². The molecule has 20 heavy (non-hydrogen) atoms. The van der Waals surface area contributed by atoms with Gasteiger partial charge in [-0.3, -0.25) is 0 Å². The number of rotatable bonds is 5. The van der Waals surface area contributed by atoms with Crippen LogP contribution in [0.25, 0.3) is 0 Å². The first-order valence-corrected chi connectivity index (χ1v) is 7.68. The lowest BCUT2D eigenvalue weighted by molar-refractivity contribution is 0.114. The Morgan fingerprint density at radius 2 is 2.30 bits per heavy atom. The summed E-state index contributed by atoms with van der Waals surface area (Å²) in [6.45, 7) is 3.13. The molecule has 0 spiro atoms. The van der Waals surface area contributed by atoms with Gasteiger partial charge in [-0.15, -0.1) is 11.8 Å². The predicted octanol–water partition coefficient (Wildman–Crippen LogP) is 2.39. The number of hydrogen-bond donors (Lipinski definition) is 2. The zero-order chi connectivity index (χ0) is 14.4. The smallest absolute Gasteiger partial charge is 0.315 e. The molecule has 1 aliphatic heterocycles. The largest absolute Gasteiger partial charge is 0.376 e. The lowest BCUT2D eigenvalue weighted by Crippen LogP contribution is -2.45. The second kappa shape index (κ2) is 7.50. The summed E-state index contributed by atoms with van der Waals surface area (Å²) in [6.07, 6.45) is 0.909. The summed E-state index contributed by atoms with van der Waals surface area (Å²) >= 11 is 1.39. The number of urea groups is 1. The van der Waals surface area contributed by atoms with Crippen LogP contribution in [0.4, 0.5) is 9.18 Å². The lowest BCUT2D eigenvalue weighted by Gasteiger charge is -2.16. The normalized spacial score (nSPS) is 21.7. The van der Waals surface area contributed by atoms with Gasteiger partial charge in [-0.1, -0.05) is 12.1 Å². The summed E-state index contributed by atoms with van der Waals surface area (Å²) in [7, 11) is 0. The van der Waals surface area contributed by atoms with Crippen LogP contribution in [0.5, 0.6) is 0 Å². The molecule has 1 aliphatic rings. The fourth-order valence-corrected chi connectivity index (χ4v) is 2.83. The molecule has 2 rings (SSSR count). The van der Waals surface area contributed by atoms with Crippen LogP contribution in [-0.4, -0.2) is 37.1 Å². The van der Waals surface area contributed by atoms with Gasteiger partial charge in [-0.05, 0) is 25.5 Å². The van der Waals surface area contributed by atoms with Crippen molar-refractivity contribution < 1.29 is 13.9 Å². The van der Waals surface area contributed by atoms with Crippen molar-refractivity contribution >= 4 is 17.8 Å². The van der Waals surface area contributed by atoms with E-state index in [2.05, 4.69) is 10.6 Å². The Hall–Kier alpha value is -1.27. The molecule has 110 valence electrons. The highest BCUT2D eigenvalue weighted by Gasteiger charge is 2.25. The molecule has 1 heterocycles. The minimum Gasteiger partial charge on any atom is -0.376 e. The molecule has 0 saturated carbocycles. The average Bonchev–Trinajstić information content (AvgIpc) is 2.82. The summed E-state index contributed by atoms with van der Waals surface area (Å²) in [5.74, 6) is 0.407. The van der Waals surface area contributed by atoms with Gasteiger partial charge in [0.2, 0.25) is 0 Å². The fraction of sp³-hybridized carbons (Fsp3) is 0.500. The Balaban J connectivity index is 1.63. The van der Waals surface area contributed by atoms with E-state index in [-0.39, 0.29) is 24.0 Å². The Morgan fingerprint density at radius 1 is 1.50 bits per heavy atom. The SMILES string of the molecule is C[C@H]1OCC[C@@H]1NC(=O)NCCSc1ccccc1F. The van der Waals surface area contributed by atoms with Gasteiger partial charge in [0.25, 0.3) is 0 Å². The van der Waals surface area contributed by atoms with E-state index in [1.807, 2.05) is 6.92 Å². The fourth-order valence-electron chi connectivity index (χ4n) is 2.03. The van der Waals surface area contributed by atoms with Gasteiger partial charge in [-0.25, -0.2) is 9.18 Å². The first-order valence-electron chi connectivity index (χ1n) is 6.70. The first-order chi connectivity index (χ1) is 9.66. The van der Waals surface area contributed by atoms with Gasteiger partial charge in [0.1, 0.15) is 5.82 Å². The molecule has 2 N–H and O–H groups in total. The molecular weight excluding hydrogens is 279 g/mol. The zero-order valence-corrected chi connectivity index (χ0v) is 12.2. The molecule has 0 aromatic heterocycles. The Bertz CT molecular complexity index is 459. The summed E-state index contributed by atoms with van der Waals surface area (Å²) in [4.78, 5) is 12.3. The van der Waals surface area contributed by atoms with Gasteiger partial charge in [0.15, 0.2) is 0 Å². The maximum atomic E-state index is 13.4. The lowest BCUT2D eigenvalue weighted by atomic mass is 10.2. The van der Waals surface area contributed by atoms with Crippen LogP contribution in [0.3, 0.4) is 0 Å². The van der Waals surface area contributed by atoms with E-state index in [0.717, 1.165) is 6.42 Å². The molecule has 0 radical (unpaired) electrons. The van der Waals surface area contributed by atoms with Crippen LogP contribution >= 0.6 is 11.8 Å². The molecular formula is C14H19FN2O2S. The molecule has 0 aliphatic carbocycles. The molecule has 2 amide bonds. The van der Waals surface area contributed by atoms with Gasteiger partial charge < -0.3 is 15.4 Å². The summed E-state index contributed by atoms with van der Waals surface area (Å²) < 4.78 is 18.7. The van der Waals surface area contributed by atoms with E-state index in [1.165, 1.54) is 17.8 Å². The van der Waals surface area contributed by atoms with E-state index in [4.69, 9.17) is 4.74 Å². The number of carbonyl (C=O) groups is 1. The molecule has 1 saturated heterocycles. The van der Waals surface area contributed by atoms with Crippen molar-refractivity contribution in [1.82, 2.24) is 10.6 Å². The quantitative estimate of drug-likeness (QED) is 0.648. The van der Waals surface area contributed by atoms with Crippen molar-refractivity contribution in [2.45, 2.75) is 30.4 Å². The van der Waals surface area contributed by atoms with E-state index in [1.54, 1.807) is 18.2 Å². The number of benzene rings is 1. The van der Waals surface area contributed by atoms with Gasteiger partial charge in [0.05, 0.1) is 12.1 Å². The van der Waals surface area contributed by atoms with Gasteiger partial charge in [0, 0.05) is 23.8 Å². The molecule has 2 atom stereocenters. The minimum atomic E-state index is -0.223. The van der Waals surface area contributed by atoms with Crippen molar-refractivity contribution in [2.75, 3.05) is 18.9 Å². The number of nitrogens with one attached hydrogen (secondary N) is 2. The van der Waals surface area contributed by atoms with Crippen molar-refractivity contribution in [3.05, 3.63) is 30.1 Å². The topological polar surface area (TPSA) is 50.4 Å². The second-order valence-corrected chi connectivity index (χ2v) is 5.79. The van der Waals surface area contributed by atoms with Crippen LogP contribution in [0.15, 0.2) is 29.2 Å². The molecule has 0 bridgehead atoms. The van der Waals surface area contributed by atoms with Crippen molar-refractivity contribution in [3.8, 4) is 0 Å². The second-order valence-electron chi connectivity index (χ2n) is 4.65. The third-order valence-corrected chi connectivity index (χ3v) is 4.22. The molecule has 1 aromatic rings. The monoisotopic (exact) mass is 298 g/mol. The molecule has 1 fully saturated rings. The zero-order valence-electron chi connectivity index (χ0n) is 11.4. The maximum absolute atomic E-state index is 13.4. The third-order valence-electron chi connectivity index (χ3n) is 3.17. The number of hydrogen-bond acceptors (Lipinski definition) is 3. The van der Waals surface area contributed by atoms with Crippen molar-refractivity contribution in [2.24, 2.45) is 0 Å². The Kier molecular flexibility index (Phi) is 5.67. The van der Waals surface area contributed by atoms with E-state index in [0.29, 0.717) is 23.8 Å². The molecule has 1 aromatic carbocycles. The third kappa shape index (κ3) is 4.38. The van der Waals surface area contributed by atoms with Crippen LogP contribution in [0.2, 0.25) is 0 Å². The Morgan fingerprint density at radius 3 is 3.00 bits per heavy atom. The summed E-state index contributed by atoms with van der Waals surface area (Å²) in [5.41, 5.74) is 0. The first kappa shape index (κ1) is 15.1.